The Labute approximate surface area is 171 Å². The first-order valence-corrected chi connectivity index (χ1v) is 9.76. The number of nitrogens with one attached hydrogen (secondary N) is 1. The lowest BCUT2D eigenvalue weighted by Gasteiger charge is -2.37. The maximum absolute atomic E-state index is 13.3. The lowest BCUT2D eigenvalue weighted by atomic mass is 9.69. The van der Waals surface area contributed by atoms with Crippen molar-refractivity contribution in [3.05, 3.63) is 65.9 Å². The highest BCUT2D eigenvalue weighted by molar-refractivity contribution is 6.04. The van der Waals surface area contributed by atoms with Crippen LogP contribution in [-0.2, 0) is 5.41 Å². The minimum absolute atomic E-state index is 0.265. The molecular weight excluding hydrogens is 385 g/mol. The number of nitrogens with zero attached hydrogens (tertiary/aromatic N) is 4. The van der Waals surface area contributed by atoms with Gasteiger partial charge in [0.1, 0.15) is 17.5 Å². The van der Waals surface area contributed by atoms with Gasteiger partial charge in [-0.1, -0.05) is 30.3 Å². The van der Waals surface area contributed by atoms with E-state index in [0.29, 0.717) is 47.1 Å². The van der Waals surface area contributed by atoms with Crippen molar-refractivity contribution in [1.29, 1.82) is 0 Å². The summed E-state index contributed by atoms with van der Waals surface area (Å²) in [4.78, 5) is 21.6. The summed E-state index contributed by atoms with van der Waals surface area (Å²) >= 11 is 0. The Bertz CT molecular complexity index is 1260. The van der Waals surface area contributed by atoms with Crippen molar-refractivity contribution in [3.8, 4) is 11.4 Å². The number of halogens is 1. The third-order valence-corrected chi connectivity index (χ3v) is 5.68. The lowest BCUT2D eigenvalue weighted by Crippen LogP contribution is -2.40. The van der Waals surface area contributed by atoms with E-state index in [0.717, 1.165) is 5.56 Å². The van der Waals surface area contributed by atoms with Crippen LogP contribution in [0.25, 0.3) is 17.0 Å². The monoisotopic (exact) mass is 405 g/mol. The van der Waals surface area contributed by atoms with E-state index in [1.165, 1.54) is 0 Å². The molecule has 1 aliphatic carbocycles. The maximum Gasteiger partial charge on any atom is 0.274 e. The number of amides is 1. The zero-order valence-electron chi connectivity index (χ0n) is 16.6. The van der Waals surface area contributed by atoms with Crippen LogP contribution in [0.2, 0.25) is 0 Å². The molecule has 0 aliphatic heterocycles. The topological polar surface area (TPSA) is 85.3 Å². The Balaban J connectivity index is 1.41. The Morgan fingerprint density at radius 3 is 2.93 bits per heavy atom. The molecule has 0 unspecified atom stereocenters. The number of carbonyl (C=O) groups excluding carboxylic acids is 1. The minimum Gasteiger partial charge on any atom is -0.338 e. The molecule has 5 rings (SSSR count). The van der Waals surface area contributed by atoms with Crippen molar-refractivity contribution >= 4 is 17.2 Å². The van der Waals surface area contributed by atoms with Crippen LogP contribution >= 0.6 is 0 Å². The number of hydrogen-bond acceptors (Lipinski definition) is 5. The van der Waals surface area contributed by atoms with Crippen molar-refractivity contribution in [3.63, 3.8) is 0 Å². The number of rotatable bonds is 4. The second kappa shape index (κ2) is 6.76. The summed E-state index contributed by atoms with van der Waals surface area (Å²) in [6, 6.07) is 11.1. The molecule has 1 amide bonds. The number of fused-ring (bicyclic) bond motifs is 1. The molecule has 1 aromatic carbocycles. The third-order valence-electron chi connectivity index (χ3n) is 5.68. The molecule has 1 aliphatic rings. The maximum atomic E-state index is 13.3. The zero-order valence-corrected chi connectivity index (χ0v) is 16.6. The van der Waals surface area contributed by atoms with Crippen LogP contribution in [-0.4, -0.2) is 31.6 Å². The van der Waals surface area contributed by atoms with Gasteiger partial charge in [0.05, 0.1) is 11.6 Å². The van der Waals surface area contributed by atoms with Gasteiger partial charge in [-0.15, -0.1) is 0 Å². The highest BCUT2D eigenvalue weighted by atomic mass is 19.1. The SMILES string of the molecule is Cc1ccc(-c2noc(C3(C)CC(F)C3)n2)cc1NC(=O)c1cnc2ccccn12. The number of aryl methyl sites for hydroxylation is 1. The Morgan fingerprint density at radius 2 is 2.13 bits per heavy atom. The number of imidazole rings is 1. The molecule has 3 heterocycles. The number of carbonyl (C=O) groups is 1. The van der Waals surface area contributed by atoms with Crippen LogP contribution < -0.4 is 5.32 Å². The average Bonchev–Trinajstić information content (AvgIpc) is 3.36. The van der Waals surface area contributed by atoms with Gasteiger partial charge in [0.25, 0.3) is 5.91 Å². The van der Waals surface area contributed by atoms with Gasteiger partial charge in [-0.25, -0.2) is 9.37 Å². The van der Waals surface area contributed by atoms with Crippen LogP contribution in [0.5, 0.6) is 0 Å². The normalized spacial score (nSPS) is 20.8. The van der Waals surface area contributed by atoms with Crippen LogP contribution in [0.15, 0.2) is 53.3 Å². The highest BCUT2D eigenvalue weighted by Gasteiger charge is 2.46. The van der Waals surface area contributed by atoms with Gasteiger partial charge in [-0.2, -0.15) is 4.98 Å². The van der Waals surface area contributed by atoms with Gasteiger partial charge >= 0.3 is 0 Å². The van der Waals surface area contributed by atoms with E-state index in [2.05, 4.69) is 20.4 Å². The summed E-state index contributed by atoms with van der Waals surface area (Å²) < 4.78 is 20.5. The first-order chi connectivity index (χ1) is 14.4. The van der Waals surface area contributed by atoms with Gasteiger partial charge in [0, 0.05) is 17.4 Å². The van der Waals surface area contributed by atoms with Gasteiger partial charge in [-0.05, 0) is 43.5 Å². The van der Waals surface area contributed by atoms with E-state index >= 15 is 0 Å². The molecule has 0 atom stereocenters. The molecule has 30 heavy (non-hydrogen) atoms. The summed E-state index contributed by atoms with van der Waals surface area (Å²) in [5.74, 6) is 0.598. The minimum atomic E-state index is -0.814. The number of pyridine rings is 1. The van der Waals surface area contributed by atoms with Crippen molar-refractivity contribution in [2.75, 3.05) is 5.32 Å². The fourth-order valence-electron chi connectivity index (χ4n) is 3.86. The summed E-state index contributed by atoms with van der Waals surface area (Å²) in [6.07, 6.45) is 3.31. The summed E-state index contributed by atoms with van der Waals surface area (Å²) in [7, 11) is 0. The van der Waals surface area contributed by atoms with E-state index in [4.69, 9.17) is 4.52 Å². The summed E-state index contributed by atoms with van der Waals surface area (Å²) in [5, 5.41) is 7.01. The second-order valence-electron chi connectivity index (χ2n) is 8.05. The molecule has 3 aromatic heterocycles. The van der Waals surface area contributed by atoms with Crippen molar-refractivity contribution in [2.24, 2.45) is 0 Å². The number of aromatic nitrogens is 4. The van der Waals surface area contributed by atoms with Crippen LogP contribution in [0, 0.1) is 6.92 Å². The van der Waals surface area contributed by atoms with E-state index in [9.17, 15) is 9.18 Å². The van der Waals surface area contributed by atoms with Gasteiger partial charge in [0.15, 0.2) is 0 Å². The van der Waals surface area contributed by atoms with E-state index < -0.39 is 11.6 Å². The quantitative estimate of drug-likeness (QED) is 0.546. The lowest BCUT2D eigenvalue weighted by molar-refractivity contribution is 0.0798. The van der Waals surface area contributed by atoms with Crippen molar-refractivity contribution in [1.82, 2.24) is 19.5 Å². The molecule has 1 N–H and O–H groups in total. The van der Waals surface area contributed by atoms with Crippen molar-refractivity contribution < 1.29 is 13.7 Å². The highest BCUT2D eigenvalue weighted by Crippen LogP contribution is 2.44. The van der Waals surface area contributed by atoms with Crippen molar-refractivity contribution in [2.45, 2.75) is 38.3 Å². The smallest absolute Gasteiger partial charge is 0.274 e. The fraction of sp³-hybridized carbons (Fsp3) is 0.273. The van der Waals surface area contributed by atoms with Gasteiger partial charge in [0.2, 0.25) is 11.7 Å². The largest absolute Gasteiger partial charge is 0.338 e. The second-order valence-corrected chi connectivity index (χ2v) is 8.05. The number of anilines is 1. The van der Waals surface area contributed by atoms with E-state index in [1.807, 2.05) is 50.2 Å². The molecule has 8 heteroatoms. The number of benzene rings is 1. The van der Waals surface area contributed by atoms with Gasteiger partial charge < -0.3 is 9.84 Å². The number of hydrogen-bond donors (Lipinski definition) is 1. The fourth-order valence-corrected chi connectivity index (χ4v) is 3.86. The number of alkyl halides is 1. The summed E-state index contributed by atoms with van der Waals surface area (Å²) in [5.41, 5.74) is 2.99. The molecule has 1 saturated carbocycles. The van der Waals surface area contributed by atoms with E-state index in [1.54, 1.807) is 16.8 Å². The van der Waals surface area contributed by atoms with Crippen LogP contribution in [0.4, 0.5) is 10.1 Å². The molecular formula is C22H20FN5O2. The molecule has 0 bridgehead atoms. The molecule has 0 spiro atoms. The van der Waals surface area contributed by atoms with Gasteiger partial charge in [-0.3, -0.25) is 9.20 Å². The molecule has 0 saturated heterocycles. The molecule has 1 fully saturated rings. The molecule has 0 radical (unpaired) electrons. The Kier molecular flexibility index (Phi) is 4.16. The van der Waals surface area contributed by atoms with Crippen LogP contribution in [0.1, 0.15) is 41.7 Å². The Hall–Kier alpha value is -3.55. The zero-order chi connectivity index (χ0) is 20.9. The third kappa shape index (κ3) is 3.04. The Morgan fingerprint density at radius 1 is 1.30 bits per heavy atom. The summed E-state index contributed by atoms with van der Waals surface area (Å²) in [6.45, 7) is 3.84. The standard InChI is InChI=1S/C22H20FN5O2/c1-13-6-7-14(19-26-21(30-27-19)22(2)10-15(23)11-22)9-16(13)25-20(29)17-12-24-18-5-3-4-8-28(17)18/h3-9,12,15H,10-11H2,1-2H3,(H,25,29). The molecule has 152 valence electrons. The molecule has 4 aromatic rings. The van der Waals surface area contributed by atoms with Crippen LogP contribution in [0.3, 0.4) is 0 Å². The average molecular weight is 405 g/mol. The predicted octanol–water partition coefficient (Wildman–Crippen LogP) is 4.33. The molecule has 7 nitrogen and oxygen atoms in total. The van der Waals surface area contributed by atoms with E-state index in [-0.39, 0.29) is 5.91 Å². The first kappa shape index (κ1) is 18.5. The first-order valence-electron chi connectivity index (χ1n) is 9.76. The predicted molar refractivity (Wildman–Crippen MR) is 109 cm³/mol.